The summed E-state index contributed by atoms with van der Waals surface area (Å²) in [7, 11) is 0. The molecule has 1 heterocycles. The summed E-state index contributed by atoms with van der Waals surface area (Å²) in [5.41, 5.74) is 3.71. The molecule has 2 aromatic rings. The standard InChI is InChI=1S/C18H24N4O2/c1-5-11(2)20-17(23)8-9-19-18(24)14-6-7-15-16(10-14)22-13(4)12(3)21-15/h6-7,10-11H,5,8-9H2,1-4H3,(H,19,24)(H,20,23)/t11-/m0/s1. The first-order valence-electron chi connectivity index (χ1n) is 8.23. The van der Waals surface area contributed by atoms with Gasteiger partial charge in [-0.3, -0.25) is 9.59 Å². The molecule has 0 saturated heterocycles. The van der Waals surface area contributed by atoms with Crippen molar-refractivity contribution in [1.29, 1.82) is 0 Å². The van der Waals surface area contributed by atoms with Crippen molar-refractivity contribution in [3.05, 3.63) is 35.2 Å². The highest BCUT2D eigenvalue weighted by atomic mass is 16.2. The molecule has 0 aliphatic carbocycles. The second-order valence-electron chi connectivity index (χ2n) is 5.98. The third-order valence-corrected chi connectivity index (χ3v) is 3.99. The van der Waals surface area contributed by atoms with Crippen LogP contribution in [-0.2, 0) is 4.79 Å². The molecule has 2 N–H and O–H groups in total. The molecule has 6 nitrogen and oxygen atoms in total. The van der Waals surface area contributed by atoms with E-state index in [9.17, 15) is 9.59 Å². The predicted octanol–water partition coefficient (Wildman–Crippen LogP) is 2.28. The van der Waals surface area contributed by atoms with Crippen molar-refractivity contribution >= 4 is 22.8 Å². The first kappa shape index (κ1) is 17.8. The molecule has 1 atom stereocenters. The number of fused-ring (bicyclic) bond motifs is 1. The number of amides is 2. The van der Waals surface area contributed by atoms with Crippen LogP contribution in [0.2, 0.25) is 0 Å². The lowest BCUT2D eigenvalue weighted by Crippen LogP contribution is -2.35. The van der Waals surface area contributed by atoms with Crippen LogP contribution in [0.5, 0.6) is 0 Å². The average Bonchev–Trinajstić information content (AvgIpc) is 2.55. The number of hydrogen-bond acceptors (Lipinski definition) is 4. The van der Waals surface area contributed by atoms with Gasteiger partial charge in [-0.05, 0) is 45.4 Å². The molecule has 0 bridgehead atoms. The van der Waals surface area contributed by atoms with Crippen molar-refractivity contribution in [2.45, 2.75) is 46.6 Å². The molecule has 0 fully saturated rings. The normalized spacial score (nSPS) is 12.0. The van der Waals surface area contributed by atoms with Crippen LogP contribution >= 0.6 is 0 Å². The quantitative estimate of drug-likeness (QED) is 0.852. The summed E-state index contributed by atoms with van der Waals surface area (Å²) in [5.74, 6) is -0.270. The van der Waals surface area contributed by atoms with Crippen molar-refractivity contribution in [2.24, 2.45) is 0 Å². The van der Waals surface area contributed by atoms with E-state index in [4.69, 9.17) is 0 Å². The first-order chi connectivity index (χ1) is 11.4. The van der Waals surface area contributed by atoms with E-state index < -0.39 is 0 Å². The van der Waals surface area contributed by atoms with Gasteiger partial charge < -0.3 is 10.6 Å². The van der Waals surface area contributed by atoms with E-state index >= 15 is 0 Å². The fourth-order valence-corrected chi connectivity index (χ4v) is 2.21. The van der Waals surface area contributed by atoms with Crippen LogP contribution in [0.1, 0.15) is 48.4 Å². The first-order valence-corrected chi connectivity index (χ1v) is 8.23. The van der Waals surface area contributed by atoms with Gasteiger partial charge in [0, 0.05) is 24.6 Å². The Labute approximate surface area is 142 Å². The van der Waals surface area contributed by atoms with Gasteiger partial charge in [-0.1, -0.05) is 6.92 Å². The molecule has 0 aliphatic rings. The monoisotopic (exact) mass is 328 g/mol. The maximum Gasteiger partial charge on any atom is 0.251 e. The predicted molar refractivity (Wildman–Crippen MR) is 93.9 cm³/mol. The third-order valence-electron chi connectivity index (χ3n) is 3.99. The van der Waals surface area contributed by atoms with Gasteiger partial charge in [-0.2, -0.15) is 0 Å². The zero-order valence-corrected chi connectivity index (χ0v) is 14.6. The van der Waals surface area contributed by atoms with Crippen molar-refractivity contribution < 1.29 is 9.59 Å². The molecule has 0 unspecified atom stereocenters. The topological polar surface area (TPSA) is 84.0 Å². The summed E-state index contributed by atoms with van der Waals surface area (Å²) in [5, 5.41) is 5.63. The highest BCUT2D eigenvalue weighted by Gasteiger charge is 2.10. The minimum Gasteiger partial charge on any atom is -0.354 e. The third kappa shape index (κ3) is 4.50. The number of nitrogens with one attached hydrogen (secondary N) is 2. The summed E-state index contributed by atoms with van der Waals surface area (Å²) in [6, 6.07) is 5.39. The van der Waals surface area contributed by atoms with Crippen LogP contribution < -0.4 is 10.6 Å². The number of aromatic nitrogens is 2. The second-order valence-corrected chi connectivity index (χ2v) is 5.98. The summed E-state index contributed by atoms with van der Waals surface area (Å²) >= 11 is 0. The number of benzene rings is 1. The van der Waals surface area contributed by atoms with Gasteiger partial charge in [-0.15, -0.1) is 0 Å². The van der Waals surface area contributed by atoms with E-state index in [2.05, 4.69) is 20.6 Å². The maximum atomic E-state index is 12.2. The Morgan fingerprint density at radius 2 is 1.79 bits per heavy atom. The smallest absolute Gasteiger partial charge is 0.251 e. The fraction of sp³-hybridized carbons (Fsp3) is 0.444. The van der Waals surface area contributed by atoms with Gasteiger partial charge >= 0.3 is 0 Å². The van der Waals surface area contributed by atoms with Crippen LogP contribution in [-0.4, -0.2) is 34.4 Å². The number of aryl methyl sites for hydroxylation is 2. The Morgan fingerprint density at radius 3 is 2.46 bits per heavy atom. The van der Waals surface area contributed by atoms with Crippen molar-refractivity contribution in [3.8, 4) is 0 Å². The number of carbonyl (C=O) groups excluding carboxylic acids is 2. The van der Waals surface area contributed by atoms with Crippen LogP contribution in [0, 0.1) is 13.8 Å². The highest BCUT2D eigenvalue weighted by Crippen LogP contribution is 2.14. The van der Waals surface area contributed by atoms with Crippen molar-refractivity contribution in [1.82, 2.24) is 20.6 Å². The van der Waals surface area contributed by atoms with Crippen molar-refractivity contribution in [3.63, 3.8) is 0 Å². The molecule has 6 heteroatoms. The van der Waals surface area contributed by atoms with Crippen molar-refractivity contribution in [2.75, 3.05) is 6.54 Å². The van der Waals surface area contributed by atoms with E-state index in [0.717, 1.165) is 23.3 Å². The fourth-order valence-electron chi connectivity index (χ4n) is 2.21. The Hall–Kier alpha value is -2.50. The van der Waals surface area contributed by atoms with Crippen LogP contribution in [0.25, 0.3) is 11.0 Å². The second kappa shape index (κ2) is 7.86. The minimum atomic E-state index is -0.215. The van der Waals surface area contributed by atoms with E-state index in [1.54, 1.807) is 18.2 Å². The molecule has 24 heavy (non-hydrogen) atoms. The lowest BCUT2D eigenvalue weighted by molar-refractivity contribution is -0.121. The Bertz CT molecular complexity index is 758. The molecule has 1 aromatic carbocycles. The molecule has 2 amide bonds. The van der Waals surface area contributed by atoms with Gasteiger partial charge in [0.2, 0.25) is 5.91 Å². The van der Waals surface area contributed by atoms with Gasteiger partial charge in [0.15, 0.2) is 0 Å². The lowest BCUT2D eigenvalue weighted by atomic mass is 10.1. The van der Waals surface area contributed by atoms with Gasteiger partial charge in [0.25, 0.3) is 5.91 Å². The van der Waals surface area contributed by atoms with Gasteiger partial charge in [-0.25, -0.2) is 9.97 Å². The van der Waals surface area contributed by atoms with Crippen LogP contribution in [0.3, 0.4) is 0 Å². The van der Waals surface area contributed by atoms with Gasteiger partial charge in [0.05, 0.1) is 22.4 Å². The molecule has 0 spiro atoms. The molecular weight excluding hydrogens is 304 g/mol. The number of carbonyl (C=O) groups is 2. The highest BCUT2D eigenvalue weighted by molar-refractivity contribution is 5.97. The molecule has 2 rings (SSSR count). The molecule has 128 valence electrons. The summed E-state index contributed by atoms with van der Waals surface area (Å²) in [6.07, 6.45) is 1.15. The Balaban J connectivity index is 1.96. The van der Waals surface area contributed by atoms with Gasteiger partial charge in [0.1, 0.15) is 0 Å². The average molecular weight is 328 g/mol. The summed E-state index contributed by atoms with van der Waals surface area (Å²) in [4.78, 5) is 32.8. The molecular formula is C18H24N4O2. The molecule has 1 aromatic heterocycles. The van der Waals surface area contributed by atoms with Crippen LogP contribution in [0.4, 0.5) is 0 Å². The van der Waals surface area contributed by atoms with E-state index in [1.165, 1.54) is 0 Å². The maximum absolute atomic E-state index is 12.2. The zero-order valence-electron chi connectivity index (χ0n) is 14.6. The lowest BCUT2D eigenvalue weighted by Gasteiger charge is -2.11. The SMILES string of the molecule is CC[C@H](C)NC(=O)CCNC(=O)c1ccc2nc(C)c(C)nc2c1. The Morgan fingerprint density at radius 1 is 1.12 bits per heavy atom. The molecule has 0 saturated carbocycles. The summed E-state index contributed by atoms with van der Waals surface area (Å²) < 4.78 is 0. The zero-order chi connectivity index (χ0) is 17.7. The minimum absolute atomic E-state index is 0.0554. The largest absolute Gasteiger partial charge is 0.354 e. The van der Waals surface area contributed by atoms with E-state index in [0.29, 0.717) is 17.6 Å². The number of rotatable bonds is 6. The summed E-state index contributed by atoms with van der Waals surface area (Å²) in [6.45, 7) is 8.07. The number of nitrogens with zero attached hydrogens (tertiary/aromatic N) is 2. The van der Waals surface area contributed by atoms with Crippen LogP contribution in [0.15, 0.2) is 18.2 Å². The Kier molecular flexibility index (Phi) is 5.84. The molecule has 0 aliphatic heterocycles. The molecule has 0 radical (unpaired) electrons. The van der Waals surface area contributed by atoms with E-state index in [1.807, 2.05) is 27.7 Å². The van der Waals surface area contributed by atoms with E-state index in [-0.39, 0.29) is 24.3 Å². The number of hydrogen-bond donors (Lipinski definition) is 2.